The lowest BCUT2D eigenvalue weighted by molar-refractivity contribution is -0.122. The van der Waals surface area contributed by atoms with E-state index >= 15 is 0 Å². The Hall–Kier alpha value is -5.04. The summed E-state index contributed by atoms with van der Waals surface area (Å²) >= 11 is 0. The first-order valence-electron chi connectivity index (χ1n) is 13.6. The number of carbonyl (C=O) groups excluding carboxylic acids is 2. The third kappa shape index (κ3) is 3.45. The number of aliphatic imine (C=N–C) groups is 1. The SMILES string of the molecule is CCOc1ccc(N2C(=O)[C@@H]3C4c5ccccc5C(C=Nc5ccccc5C(=O)O)(c5ccccc54)[C@@H]3C2=O)cc1. The summed E-state index contributed by atoms with van der Waals surface area (Å²) in [7, 11) is 0. The average molecular weight is 543 g/mol. The highest BCUT2D eigenvalue weighted by molar-refractivity contribution is 6.25. The lowest BCUT2D eigenvalue weighted by Gasteiger charge is -2.52. The summed E-state index contributed by atoms with van der Waals surface area (Å²) in [6.07, 6.45) is 1.71. The van der Waals surface area contributed by atoms with Crippen molar-refractivity contribution in [1.82, 2.24) is 0 Å². The molecule has 202 valence electrons. The smallest absolute Gasteiger partial charge is 0.337 e. The zero-order valence-electron chi connectivity index (χ0n) is 22.2. The van der Waals surface area contributed by atoms with Crippen molar-refractivity contribution >= 4 is 35.4 Å². The Labute approximate surface area is 236 Å². The zero-order valence-corrected chi connectivity index (χ0v) is 22.2. The number of nitrogens with zero attached hydrogens (tertiary/aromatic N) is 2. The predicted molar refractivity (Wildman–Crippen MR) is 154 cm³/mol. The number of carboxylic acid groups (broad SMARTS) is 1. The molecule has 41 heavy (non-hydrogen) atoms. The van der Waals surface area contributed by atoms with Gasteiger partial charge in [0.15, 0.2) is 0 Å². The van der Waals surface area contributed by atoms with Crippen molar-refractivity contribution in [3.8, 4) is 5.75 Å². The third-order valence-electron chi connectivity index (χ3n) is 8.63. The second kappa shape index (κ2) is 9.27. The maximum atomic E-state index is 14.5. The molecule has 2 atom stereocenters. The molecular weight excluding hydrogens is 516 g/mol. The van der Waals surface area contributed by atoms with Crippen LogP contribution in [0.15, 0.2) is 102 Å². The Balaban J connectivity index is 1.46. The molecule has 0 aromatic heterocycles. The topological polar surface area (TPSA) is 96.3 Å². The van der Waals surface area contributed by atoms with Gasteiger partial charge in [0.1, 0.15) is 5.75 Å². The van der Waals surface area contributed by atoms with E-state index in [9.17, 15) is 19.5 Å². The van der Waals surface area contributed by atoms with Crippen molar-refractivity contribution < 1.29 is 24.2 Å². The first-order valence-corrected chi connectivity index (χ1v) is 13.6. The molecule has 4 aliphatic rings. The van der Waals surface area contributed by atoms with Crippen LogP contribution in [0.4, 0.5) is 11.4 Å². The monoisotopic (exact) mass is 542 g/mol. The molecule has 7 nitrogen and oxygen atoms in total. The van der Waals surface area contributed by atoms with Crippen LogP contribution in [0.5, 0.6) is 5.75 Å². The van der Waals surface area contributed by atoms with Crippen molar-refractivity contribution in [2.75, 3.05) is 11.5 Å². The number of para-hydroxylation sites is 1. The van der Waals surface area contributed by atoms with Crippen LogP contribution in [0.25, 0.3) is 0 Å². The van der Waals surface area contributed by atoms with Crippen molar-refractivity contribution in [3.05, 3.63) is 125 Å². The van der Waals surface area contributed by atoms with Gasteiger partial charge in [-0.3, -0.25) is 14.6 Å². The minimum absolute atomic E-state index is 0.0626. The van der Waals surface area contributed by atoms with Gasteiger partial charge in [0.05, 0.1) is 40.8 Å². The van der Waals surface area contributed by atoms with Gasteiger partial charge in [0, 0.05) is 12.1 Å². The van der Waals surface area contributed by atoms with Crippen LogP contribution < -0.4 is 9.64 Å². The molecule has 0 spiro atoms. The van der Waals surface area contributed by atoms with E-state index < -0.39 is 23.2 Å². The van der Waals surface area contributed by atoms with Gasteiger partial charge in [-0.1, -0.05) is 60.7 Å². The van der Waals surface area contributed by atoms with Gasteiger partial charge >= 0.3 is 5.97 Å². The van der Waals surface area contributed by atoms with Gasteiger partial charge in [-0.15, -0.1) is 0 Å². The summed E-state index contributed by atoms with van der Waals surface area (Å²) < 4.78 is 5.57. The van der Waals surface area contributed by atoms with Crippen LogP contribution in [-0.2, 0) is 15.0 Å². The predicted octanol–water partition coefficient (Wildman–Crippen LogP) is 5.74. The molecule has 2 bridgehead atoms. The molecule has 1 N–H and O–H groups in total. The lowest BCUT2D eigenvalue weighted by Crippen LogP contribution is -2.54. The van der Waals surface area contributed by atoms with Crippen molar-refractivity contribution in [1.29, 1.82) is 0 Å². The fourth-order valence-electron chi connectivity index (χ4n) is 7.10. The number of benzene rings is 4. The summed E-state index contributed by atoms with van der Waals surface area (Å²) in [4.78, 5) is 46.8. The molecule has 8 rings (SSSR count). The normalized spacial score (nSPS) is 23.8. The first kappa shape index (κ1) is 25.0. The molecular formula is C34H26N2O5. The summed E-state index contributed by atoms with van der Waals surface area (Å²) in [5, 5.41) is 9.80. The molecule has 1 saturated heterocycles. The average Bonchev–Trinajstić information content (AvgIpc) is 3.27. The minimum Gasteiger partial charge on any atom is -0.494 e. The quantitative estimate of drug-likeness (QED) is 0.248. The molecule has 0 saturated carbocycles. The van der Waals surface area contributed by atoms with Crippen LogP contribution in [0.3, 0.4) is 0 Å². The fraction of sp³-hybridized carbons (Fsp3) is 0.176. The van der Waals surface area contributed by atoms with E-state index in [0.29, 0.717) is 18.0 Å². The van der Waals surface area contributed by atoms with E-state index in [-0.39, 0.29) is 29.0 Å². The molecule has 1 fully saturated rings. The number of amides is 2. The molecule has 2 amide bonds. The van der Waals surface area contributed by atoms with Crippen molar-refractivity contribution in [2.24, 2.45) is 16.8 Å². The first-order chi connectivity index (χ1) is 20.0. The summed E-state index contributed by atoms with van der Waals surface area (Å²) in [5.74, 6) is -2.66. The molecule has 7 heteroatoms. The second-order valence-electron chi connectivity index (χ2n) is 10.5. The lowest BCUT2D eigenvalue weighted by atomic mass is 9.47. The number of carbonyl (C=O) groups is 3. The fourth-order valence-corrected chi connectivity index (χ4v) is 7.10. The number of ether oxygens (including phenoxy) is 1. The summed E-state index contributed by atoms with van der Waals surface area (Å²) in [5.41, 5.74) is 3.56. The highest BCUT2D eigenvalue weighted by Crippen LogP contribution is 2.63. The zero-order chi connectivity index (χ0) is 28.3. The van der Waals surface area contributed by atoms with Gasteiger partial charge in [-0.05, 0) is 65.6 Å². The number of hydrogen-bond donors (Lipinski definition) is 1. The van der Waals surface area contributed by atoms with Crippen LogP contribution in [0.1, 0.15) is 45.5 Å². The highest BCUT2D eigenvalue weighted by atomic mass is 16.5. The van der Waals surface area contributed by atoms with Crippen LogP contribution in [0.2, 0.25) is 0 Å². The maximum Gasteiger partial charge on any atom is 0.337 e. The number of hydrogen-bond acceptors (Lipinski definition) is 5. The standard InChI is InChI=1S/C34H26N2O5/c1-2-41-21-17-15-20(16-18-21)36-31(37)29-28-22-9-3-6-12-25(22)34(30(29)32(36)38,26-13-7-4-10-23(26)28)19-35-27-14-8-5-11-24(27)33(39)40/h3-19,28-30H,2H2,1H3,(H,39,40)/t28?,29-,30+,34?/m1/s1. The Morgan fingerprint density at radius 3 is 2.12 bits per heavy atom. The molecule has 0 unspecified atom stereocenters. The molecule has 1 heterocycles. The molecule has 3 aliphatic carbocycles. The van der Waals surface area contributed by atoms with Crippen LogP contribution >= 0.6 is 0 Å². The van der Waals surface area contributed by atoms with Gasteiger partial charge in [-0.25, -0.2) is 9.69 Å². The minimum atomic E-state index is -1.09. The van der Waals surface area contributed by atoms with E-state index in [2.05, 4.69) is 0 Å². The number of imide groups is 1. The van der Waals surface area contributed by atoms with Crippen molar-refractivity contribution in [3.63, 3.8) is 0 Å². The van der Waals surface area contributed by atoms with Crippen LogP contribution in [-0.4, -0.2) is 35.7 Å². The van der Waals surface area contributed by atoms with Crippen molar-refractivity contribution in [2.45, 2.75) is 18.3 Å². The highest BCUT2D eigenvalue weighted by Gasteiger charge is 2.67. The van der Waals surface area contributed by atoms with E-state index in [0.717, 1.165) is 22.3 Å². The van der Waals surface area contributed by atoms with E-state index in [1.165, 1.54) is 11.0 Å². The summed E-state index contributed by atoms with van der Waals surface area (Å²) in [6.45, 7) is 2.41. The van der Waals surface area contributed by atoms with E-state index in [1.807, 2.05) is 55.5 Å². The third-order valence-corrected chi connectivity index (χ3v) is 8.63. The van der Waals surface area contributed by atoms with Gasteiger partial charge in [0.2, 0.25) is 11.8 Å². The number of aromatic carboxylic acids is 1. The molecule has 0 radical (unpaired) electrons. The summed E-state index contributed by atoms with van der Waals surface area (Å²) in [6, 6.07) is 29.4. The largest absolute Gasteiger partial charge is 0.494 e. The van der Waals surface area contributed by atoms with E-state index in [1.54, 1.807) is 48.7 Å². The second-order valence-corrected chi connectivity index (χ2v) is 10.5. The Bertz CT molecular complexity index is 1710. The number of anilines is 1. The molecule has 1 aliphatic heterocycles. The molecule has 4 aromatic rings. The number of carboxylic acids is 1. The van der Waals surface area contributed by atoms with Gasteiger partial charge < -0.3 is 9.84 Å². The Morgan fingerprint density at radius 2 is 1.49 bits per heavy atom. The maximum absolute atomic E-state index is 14.5. The van der Waals surface area contributed by atoms with Gasteiger partial charge in [0.25, 0.3) is 0 Å². The van der Waals surface area contributed by atoms with E-state index in [4.69, 9.17) is 9.73 Å². The Kier molecular flexibility index (Phi) is 5.64. The Morgan fingerprint density at radius 1 is 0.878 bits per heavy atom. The number of rotatable bonds is 6. The van der Waals surface area contributed by atoms with Gasteiger partial charge in [-0.2, -0.15) is 0 Å². The molecule has 4 aromatic carbocycles. The van der Waals surface area contributed by atoms with Crippen LogP contribution in [0, 0.1) is 11.8 Å².